The number of amides is 1. The Morgan fingerprint density at radius 2 is 1.75 bits per heavy atom. The van der Waals surface area contributed by atoms with Gasteiger partial charge >= 0.3 is 6.09 Å². The van der Waals surface area contributed by atoms with Crippen molar-refractivity contribution in [3.8, 4) is 22.9 Å². The van der Waals surface area contributed by atoms with Crippen molar-refractivity contribution >= 4 is 35.1 Å². The Morgan fingerprint density at radius 3 is 2.39 bits per heavy atom. The highest BCUT2D eigenvalue weighted by Gasteiger charge is 2.21. The minimum absolute atomic E-state index is 0.327. The fourth-order valence-corrected chi connectivity index (χ4v) is 6.43. The third-order valence-corrected chi connectivity index (χ3v) is 8.56. The van der Waals surface area contributed by atoms with E-state index in [1.54, 1.807) is 12.3 Å². The van der Waals surface area contributed by atoms with Gasteiger partial charge in [-0.05, 0) is 87.2 Å². The minimum atomic E-state index is -0.968. The number of carboxylic acid groups (broad SMARTS) is 1. The van der Waals surface area contributed by atoms with E-state index in [4.69, 9.17) is 38.0 Å². The lowest BCUT2D eigenvalue weighted by atomic mass is 9.93. The average Bonchev–Trinajstić information content (AvgIpc) is 2.98. The highest BCUT2D eigenvalue weighted by molar-refractivity contribution is 6.35. The first-order valence-electron chi connectivity index (χ1n) is 15.2. The number of aliphatic hydroxyl groups is 1. The van der Waals surface area contributed by atoms with Gasteiger partial charge in [-0.2, -0.15) is 0 Å². The molecule has 2 aliphatic rings. The molecule has 12 heteroatoms. The van der Waals surface area contributed by atoms with Crippen LogP contribution in [0.3, 0.4) is 0 Å². The molecule has 3 aromatic rings. The molecule has 1 aromatic carbocycles. The number of ether oxygens (including phenoxy) is 1. The molecule has 3 N–H and O–H groups in total. The van der Waals surface area contributed by atoms with E-state index in [1.165, 1.54) is 0 Å². The van der Waals surface area contributed by atoms with Crippen molar-refractivity contribution in [2.24, 2.45) is 5.92 Å². The van der Waals surface area contributed by atoms with Gasteiger partial charge in [0.05, 0.1) is 18.0 Å². The SMILES string of the molecule is CC(O)CN1CCN(c2ccc(Oc3cc(CN4CCC(CCNC(=O)O)CC4)cc(-c4cc(Cl)cc(Cl)c4)n3)cn2)CC1. The van der Waals surface area contributed by atoms with Crippen LogP contribution in [0.15, 0.2) is 48.7 Å². The average molecular weight is 644 g/mol. The zero-order chi connectivity index (χ0) is 31.1. The van der Waals surface area contributed by atoms with Gasteiger partial charge in [-0.3, -0.25) is 9.80 Å². The van der Waals surface area contributed by atoms with Crippen LogP contribution < -0.4 is 15.0 Å². The number of anilines is 1. The summed E-state index contributed by atoms with van der Waals surface area (Å²) in [5, 5.41) is 22.1. The third kappa shape index (κ3) is 9.42. The molecule has 1 unspecified atom stereocenters. The molecule has 1 amide bonds. The van der Waals surface area contributed by atoms with E-state index in [2.05, 4.69) is 31.1 Å². The number of β-amino-alcohol motifs (C(OH)–C–C–N with tert-alkyl or cyclic N) is 1. The highest BCUT2D eigenvalue weighted by Crippen LogP contribution is 2.31. The summed E-state index contributed by atoms with van der Waals surface area (Å²) in [7, 11) is 0. The first-order valence-corrected chi connectivity index (χ1v) is 15.9. The Labute approximate surface area is 268 Å². The van der Waals surface area contributed by atoms with Gasteiger partial charge in [0, 0.05) is 67.5 Å². The molecular weight excluding hydrogens is 603 g/mol. The largest absolute Gasteiger partial charge is 0.465 e. The van der Waals surface area contributed by atoms with Crippen LogP contribution in [0.2, 0.25) is 10.0 Å². The predicted octanol–water partition coefficient (Wildman–Crippen LogP) is 5.62. The van der Waals surface area contributed by atoms with Gasteiger partial charge in [-0.15, -0.1) is 0 Å². The zero-order valence-electron chi connectivity index (χ0n) is 25.0. The number of aromatic nitrogens is 2. The summed E-state index contributed by atoms with van der Waals surface area (Å²) in [5.41, 5.74) is 2.59. The van der Waals surface area contributed by atoms with Crippen molar-refractivity contribution in [3.63, 3.8) is 0 Å². The van der Waals surface area contributed by atoms with E-state index in [-0.39, 0.29) is 6.10 Å². The maximum absolute atomic E-state index is 10.8. The van der Waals surface area contributed by atoms with E-state index >= 15 is 0 Å². The molecule has 0 radical (unpaired) electrons. The summed E-state index contributed by atoms with van der Waals surface area (Å²) < 4.78 is 6.25. The van der Waals surface area contributed by atoms with Crippen LogP contribution in [0.5, 0.6) is 11.6 Å². The summed E-state index contributed by atoms with van der Waals surface area (Å²) in [6, 6.07) is 13.3. The molecule has 0 spiro atoms. The number of likely N-dealkylation sites (tertiary alicyclic amines) is 1. The van der Waals surface area contributed by atoms with E-state index in [0.29, 0.717) is 40.7 Å². The molecule has 10 nitrogen and oxygen atoms in total. The predicted molar refractivity (Wildman–Crippen MR) is 173 cm³/mol. The van der Waals surface area contributed by atoms with Crippen LogP contribution in [-0.4, -0.2) is 94.5 Å². The molecule has 236 valence electrons. The normalized spacial score (nSPS) is 17.4. The van der Waals surface area contributed by atoms with Crippen molar-refractivity contribution in [2.45, 2.75) is 38.8 Å². The molecule has 2 aromatic heterocycles. The van der Waals surface area contributed by atoms with Gasteiger partial charge in [0.2, 0.25) is 5.88 Å². The fourth-order valence-electron chi connectivity index (χ4n) is 5.90. The van der Waals surface area contributed by atoms with Gasteiger partial charge < -0.3 is 25.2 Å². The number of carbonyl (C=O) groups is 1. The lowest BCUT2D eigenvalue weighted by Crippen LogP contribution is -2.48. The second-order valence-electron chi connectivity index (χ2n) is 11.7. The molecule has 0 saturated carbocycles. The Bertz CT molecular complexity index is 1370. The Morgan fingerprint density at radius 1 is 1.02 bits per heavy atom. The van der Waals surface area contributed by atoms with Gasteiger partial charge in [-0.1, -0.05) is 23.2 Å². The molecule has 0 aliphatic carbocycles. The molecule has 0 bridgehead atoms. The molecule has 44 heavy (non-hydrogen) atoms. The number of aliphatic hydroxyl groups excluding tert-OH is 1. The van der Waals surface area contributed by atoms with Crippen LogP contribution in [-0.2, 0) is 6.54 Å². The fraction of sp³-hybridized carbons (Fsp3) is 0.469. The summed E-state index contributed by atoms with van der Waals surface area (Å²) in [5.74, 6) is 2.47. The standard InChI is InChI=1S/C32H40Cl2N6O4/c1-22(41)20-39-10-12-40(13-11-39)30-3-2-28(19-36-30)44-31-15-24(14-29(37-31)25-16-26(33)18-27(34)17-25)21-38-8-5-23(6-9-38)4-7-35-32(42)43/h2-3,14-19,22-23,35,41H,4-13,20-21H2,1H3,(H,42,43). The van der Waals surface area contributed by atoms with Gasteiger partial charge in [0.25, 0.3) is 0 Å². The van der Waals surface area contributed by atoms with Crippen LogP contribution in [0.1, 0.15) is 31.7 Å². The number of benzene rings is 1. The molecule has 1 atom stereocenters. The van der Waals surface area contributed by atoms with Crippen molar-refractivity contribution in [3.05, 3.63) is 64.3 Å². The van der Waals surface area contributed by atoms with E-state index in [9.17, 15) is 9.90 Å². The summed E-state index contributed by atoms with van der Waals surface area (Å²) in [6.45, 7) is 9.09. The van der Waals surface area contributed by atoms with Gasteiger partial charge in [0.15, 0.2) is 0 Å². The molecule has 2 aliphatic heterocycles. The first-order chi connectivity index (χ1) is 21.2. The van der Waals surface area contributed by atoms with E-state index < -0.39 is 6.09 Å². The summed E-state index contributed by atoms with van der Waals surface area (Å²) >= 11 is 12.7. The van der Waals surface area contributed by atoms with Crippen LogP contribution in [0.25, 0.3) is 11.3 Å². The second-order valence-corrected chi connectivity index (χ2v) is 12.6. The lowest BCUT2D eigenvalue weighted by Gasteiger charge is -2.35. The summed E-state index contributed by atoms with van der Waals surface area (Å²) in [4.78, 5) is 27.2. The van der Waals surface area contributed by atoms with Gasteiger partial charge in [-0.25, -0.2) is 14.8 Å². The number of pyridine rings is 2. The maximum atomic E-state index is 10.8. The highest BCUT2D eigenvalue weighted by atomic mass is 35.5. The number of hydrogen-bond donors (Lipinski definition) is 3. The first kappa shape index (κ1) is 32.2. The van der Waals surface area contributed by atoms with E-state index in [0.717, 1.165) is 87.7 Å². The van der Waals surface area contributed by atoms with Crippen molar-refractivity contribution < 1.29 is 19.7 Å². The van der Waals surface area contributed by atoms with Crippen molar-refractivity contribution in [1.29, 1.82) is 0 Å². The van der Waals surface area contributed by atoms with Gasteiger partial charge in [0.1, 0.15) is 11.6 Å². The monoisotopic (exact) mass is 642 g/mol. The number of halogens is 2. The molecule has 4 heterocycles. The number of nitrogens with zero attached hydrogens (tertiary/aromatic N) is 5. The molecular formula is C32H40Cl2N6O4. The van der Waals surface area contributed by atoms with Crippen LogP contribution >= 0.6 is 23.2 Å². The van der Waals surface area contributed by atoms with Crippen molar-refractivity contribution in [1.82, 2.24) is 25.1 Å². The quantitative estimate of drug-likeness (QED) is 0.245. The molecule has 2 fully saturated rings. The summed E-state index contributed by atoms with van der Waals surface area (Å²) in [6.07, 6.45) is 3.35. The molecule has 2 saturated heterocycles. The Balaban J connectivity index is 1.27. The number of nitrogens with one attached hydrogen (secondary N) is 1. The maximum Gasteiger partial charge on any atom is 0.404 e. The third-order valence-electron chi connectivity index (χ3n) is 8.12. The zero-order valence-corrected chi connectivity index (χ0v) is 26.5. The Hall–Kier alpha value is -3.15. The second kappa shape index (κ2) is 15.2. The Kier molecular flexibility index (Phi) is 11.2. The minimum Gasteiger partial charge on any atom is -0.465 e. The van der Waals surface area contributed by atoms with Crippen LogP contribution in [0, 0.1) is 5.92 Å². The number of piperazine rings is 1. The lowest BCUT2D eigenvalue weighted by molar-refractivity contribution is 0.122. The van der Waals surface area contributed by atoms with Crippen LogP contribution in [0.4, 0.5) is 10.6 Å². The van der Waals surface area contributed by atoms with Crippen molar-refractivity contribution in [2.75, 3.05) is 57.3 Å². The molecule has 5 rings (SSSR count). The number of rotatable bonds is 11. The number of hydrogen-bond acceptors (Lipinski definition) is 8. The van der Waals surface area contributed by atoms with E-state index in [1.807, 2.05) is 37.3 Å². The topological polar surface area (TPSA) is 114 Å². The smallest absolute Gasteiger partial charge is 0.404 e. The number of piperidine rings is 1.